The molecule has 0 heterocycles. The van der Waals surface area contributed by atoms with E-state index in [0.29, 0.717) is 0 Å². The predicted molar refractivity (Wildman–Crippen MR) is 22.1 cm³/mol. The van der Waals surface area contributed by atoms with Gasteiger partial charge in [0, 0.05) is 16.8 Å². The van der Waals surface area contributed by atoms with Gasteiger partial charge in [-0.1, -0.05) is 0 Å². The number of hydrogen-bond donors (Lipinski definition) is 0. The first-order valence-corrected chi connectivity index (χ1v) is 0. The molecule has 0 saturated carbocycles. The summed E-state index contributed by atoms with van der Waals surface area (Å²) in [5.41, 5.74) is 0. The Kier molecular flexibility index (Phi) is 1530. The van der Waals surface area contributed by atoms with E-state index in [1.807, 2.05) is 0 Å². The van der Waals surface area contributed by atoms with Gasteiger partial charge in [-0.25, -0.2) is 0 Å². The van der Waals surface area contributed by atoms with Gasteiger partial charge in [-0.05, 0) is 0 Å². The quantitative estimate of drug-likeness (QED) is 0.354. The van der Waals surface area contributed by atoms with E-state index in [-0.39, 0.29) is 73.6 Å². The van der Waals surface area contributed by atoms with Crippen LogP contribution in [0.5, 0.6) is 0 Å². The smallest absolute Gasteiger partial charge is 0.870 e. The predicted octanol–water partition coefficient (Wildman–Crippen LogP) is -2.86. The van der Waals surface area contributed by atoms with Crippen LogP contribution in [0.2, 0.25) is 0 Å². The van der Waals surface area contributed by atoms with Crippen LogP contribution in [-0.4, -0.2) is 56.8 Å². The van der Waals surface area contributed by atoms with Gasteiger partial charge in [-0.15, -0.1) is 0 Å². The van der Waals surface area contributed by atoms with Crippen LogP contribution in [0.3, 0.4) is 0 Å². The topological polar surface area (TPSA) is 93.0 Å². The average Bonchev–Trinajstić information content (AvgIpc) is 0. The SMILES string of the molecule is O.O.[AlH].[Co].[Mg+2].[OH-]. The normalized spacial score (nSPS) is 0. The zero-order chi connectivity index (χ0) is 0. The van der Waals surface area contributed by atoms with Crippen LogP contribution in [0, 0.1) is 0 Å². The Morgan fingerprint density at radius 2 is 0.833 bits per heavy atom. The van der Waals surface area contributed by atoms with E-state index in [0.717, 1.165) is 0 Å². The number of rotatable bonds is 0. The van der Waals surface area contributed by atoms with E-state index in [1.165, 1.54) is 0 Å². The Labute approximate surface area is 73.3 Å². The minimum Gasteiger partial charge on any atom is -0.870 e. The molecule has 0 saturated heterocycles. The van der Waals surface area contributed by atoms with E-state index in [1.54, 1.807) is 0 Å². The molecule has 6 heteroatoms. The summed E-state index contributed by atoms with van der Waals surface area (Å²) in [7, 11) is 0. The van der Waals surface area contributed by atoms with Crippen LogP contribution in [-0.2, 0) is 16.8 Å². The largest absolute Gasteiger partial charge is 2.00 e. The molecule has 0 unspecified atom stereocenters. The Morgan fingerprint density at radius 3 is 0.833 bits per heavy atom. The third-order valence-corrected chi connectivity index (χ3v) is 0. The summed E-state index contributed by atoms with van der Waals surface area (Å²) < 4.78 is 0. The van der Waals surface area contributed by atoms with Gasteiger partial charge >= 0.3 is 23.1 Å². The molecule has 0 aromatic heterocycles. The van der Waals surface area contributed by atoms with Crippen molar-refractivity contribution in [1.29, 1.82) is 0 Å². The molecule has 0 aliphatic heterocycles. The second-order valence-electron chi connectivity index (χ2n) is 0. The summed E-state index contributed by atoms with van der Waals surface area (Å²) in [6.45, 7) is 0. The van der Waals surface area contributed by atoms with Crippen molar-refractivity contribution >= 4 is 40.4 Å². The van der Waals surface area contributed by atoms with E-state index >= 15 is 0 Å². The van der Waals surface area contributed by atoms with Gasteiger partial charge in [0.05, 0.1) is 17.4 Å². The Hall–Kier alpha value is 1.69. The molecule has 0 fully saturated rings. The molecular weight excluding hydrogens is 158 g/mol. The van der Waals surface area contributed by atoms with E-state index < -0.39 is 0 Å². The van der Waals surface area contributed by atoms with Crippen molar-refractivity contribution in [1.82, 2.24) is 0 Å². The molecule has 0 bridgehead atoms. The van der Waals surface area contributed by atoms with Gasteiger partial charge in [0.25, 0.3) is 0 Å². The van der Waals surface area contributed by atoms with Crippen LogP contribution in [0.1, 0.15) is 0 Å². The molecule has 3 radical (unpaired) electrons. The molecule has 0 rings (SSSR count). The van der Waals surface area contributed by atoms with Crippen LogP contribution in [0.25, 0.3) is 0 Å². The minimum absolute atomic E-state index is 0. The van der Waals surface area contributed by atoms with Crippen molar-refractivity contribution < 1.29 is 33.2 Å². The van der Waals surface area contributed by atoms with Crippen LogP contribution >= 0.6 is 0 Å². The Bertz CT molecular complexity index is 10.8. The molecule has 0 aliphatic rings. The molecule has 3 nitrogen and oxygen atoms in total. The third-order valence-electron chi connectivity index (χ3n) is 0. The van der Waals surface area contributed by atoms with Gasteiger partial charge < -0.3 is 16.4 Å². The molecule has 0 atom stereocenters. The zero-order valence-electron chi connectivity index (χ0n) is 3.19. The Morgan fingerprint density at radius 1 is 0.833 bits per heavy atom. The molecule has 0 aromatic carbocycles. The van der Waals surface area contributed by atoms with Crippen molar-refractivity contribution in [2.45, 2.75) is 0 Å². The monoisotopic (exact) mass is 164 g/mol. The molecular formula is H6AlCoMgO3+. The summed E-state index contributed by atoms with van der Waals surface area (Å²) >= 11 is 0. The molecule has 0 spiro atoms. The summed E-state index contributed by atoms with van der Waals surface area (Å²) in [5.74, 6) is 0. The summed E-state index contributed by atoms with van der Waals surface area (Å²) in [5, 5.41) is 0. The molecule has 5 N–H and O–H groups in total. The fraction of sp³-hybridized carbons (Fsp3) is 0. The van der Waals surface area contributed by atoms with Gasteiger partial charge in [0.15, 0.2) is 0 Å². The van der Waals surface area contributed by atoms with Crippen LogP contribution < -0.4 is 0 Å². The number of hydrogen-bond acceptors (Lipinski definition) is 1. The van der Waals surface area contributed by atoms with Crippen molar-refractivity contribution in [3.8, 4) is 0 Å². The summed E-state index contributed by atoms with van der Waals surface area (Å²) in [4.78, 5) is 0. The third kappa shape index (κ3) is 43.9. The fourth-order valence-corrected chi connectivity index (χ4v) is 0. The standard InChI is InChI=1S/Al.Co.Mg.3H2O.H/h;;;3*1H2;/q;;+2;;;;/p-1. The second kappa shape index (κ2) is 76.1. The van der Waals surface area contributed by atoms with E-state index in [9.17, 15) is 0 Å². The van der Waals surface area contributed by atoms with Gasteiger partial charge in [-0.2, -0.15) is 0 Å². The molecule has 0 amide bonds. The minimum atomic E-state index is 0. The van der Waals surface area contributed by atoms with Crippen molar-refractivity contribution in [3.63, 3.8) is 0 Å². The van der Waals surface area contributed by atoms with Crippen LogP contribution in [0.15, 0.2) is 0 Å². The van der Waals surface area contributed by atoms with Gasteiger partial charge in [0.1, 0.15) is 0 Å². The van der Waals surface area contributed by atoms with E-state index in [4.69, 9.17) is 0 Å². The average molecular weight is 164 g/mol. The fourth-order valence-electron chi connectivity index (χ4n) is 0. The van der Waals surface area contributed by atoms with Crippen molar-refractivity contribution in [3.05, 3.63) is 0 Å². The molecule has 0 aromatic rings. The van der Waals surface area contributed by atoms with E-state index in [2.05, 4.69) is 0 Å². The summed E-state index contributed by atoms with van der Waals surface area (Å²) in [6, 6.07) is 0. The van der Waals surface area contributed by atoms with Crippen molar-refractivity contribution in [2.75, 3.05) is 0 Å². The Balaban J connectivity index is 0. The molecule has 37 valence electrons. The van der Waals surface area contributed by atoms with Gasteiger partial charge in [0.2, 0.25) is 0 Å². The molecule has 0 aliphatic carbocycles. The maximum atomic E-state index is 0. The first-order chi connectivity index (χ1) is 0. The zero-order valence-corrected chi connectivity index (χ0v) is 7.06. The molecule has 6 heavy (non-hydrogen) atoms. The maximum Gasteiger partial charge on any atom is 2.00 e. The first kappa shape index (κ1) is 121. The van der Waals surface area contributed by atoms with Gasteiger partial charge in [-0.3, -0.25) is 0 Å². The first-order valence-electron chi connectivity index (χ1n) is 0. The van der Waals surface area contributed by atoms with Crippen molar-refractivity contribution in [2.24, 2.45) is 0 Å². The maximum absolute atomic E-state index is 0. The second-order valence-corrected chi connectivity index (χ2v) is 0. The summed E-state index contributed by atoms with van der Waals surface area (Å²) in [6.07, 6.45) is 0. The van der Waals surface area contributed by atoms with Crippen LogP contribution in [0.4, 0.5) is 0 Å².